The first-order chi connectivity index (χ1) is 25.4. The molecule has 8 nitrogen and oxygen atoms in total. The SMILES string of the molecule is CCOP(=O)(O)OC[C@@H](COC(=O)CC(C)CCCC(C)CCCC(C)CCCC(C)C)OC(=O)CC(C)CCCC(C)CCCC(C)CCCC(C)C. The van der Waals surface area contributed by atoms with Crippen LogP contribution in [0.5, 0.6) is 0 Å². The monoisotopic (exact) mass is 789 g/mol. The fourth-order valence-electron chi connectivity index (χ4n) is 7.33. The molecular weight excluding hydrogens is 699 g/mol. The summed E-state index contributed by atoms with van der Waals surface area (Å²) in [5.41, 5.74) is 0. The Hall–Kier alpha value is -0.950. The summed E-state index contributed by atoms with van der Waals surface area (Å²) < 4.78 is 33.2. The largest absolute Gasteiger partial charge is 0.472 e. The molecule has 322 valence electrons. The Balaban J connectivity index is 4.58. The third-order valence-electron chi connectivity index (χ3n) is 11.0. The zero-order valence-electron chi connectivity index (χ0n) is 37.2. The second-order valence-corrected chi connectivity index (χ2v) is 19.8. The zero-order chi connectivity index (χ0) is 40.9. The molecule has 54 heavy (non-hydrogen) atoms. The number of esters is 2. The van der Waals surface area contributed by atoms with E-state index < -0.39 is 26.5 Å². The van der Waals surface area contributed by atoms with Crippen LogP contribution in [0, 0.1) is 47.3 Å². The Morgan fingerprint density at radius 1 is 0.481 bits per heavy atom. The topological polar surface area (TPSA) is 108 Å². The number of hydrogen-bond acceptors (Lipinski definition) is 7. The predicted octanol–water partition coefficient (Wildman–Crippen LogP) is 13.5. The van der Waals surface area contributed by atoms with Crippen molar-refractivity contribution in [3.05, 3.63) is 0 Å². The summed E-state index contributed by atoms with van der Waals surface area (Å²) >= 11 is 0. The van der Waals surface area contributed by atoms with Crippen molar-refractivity contribution in [3.8, 4) is 0 Å². The zero-order valence-corrected chi connectivity index (χ0v) is 38.1. The Kier molecular flexibility index (Phi) is 31.5. The van der Waals surface area contributed by atoms with Gasteiger partial charge in [-0.3, -0.25) is 18.6 Å². The molecule has 0 amide bonds. The van der Waals surface area contributed by atoms with Crippen molar-refractivity contribution in [3.63, 3.8) is 0 Å². The van der Waals surface area contributed by atoms with Gasteiger partial charge < -0.3 is 14.4 Å². The van der Waals surface area contributed by atoms with Gasteiger partial charge in [0.25, 0.3) is 0 Å². The maximum Gasteiger partial charge on any atom is 0.472 e. The Morgan fingerprint density at radius 2 is 0.815 bits per heavy atom. The van der Waals surface area contributed by atoms with Gasteiger partial charge in [-0.1, -0.05) is 185 Å². The highest BCUT2D eigenvalue weighted by molar-refractivity contribution is 7.47. The number of phosphoric acid groups is 1. The van der Waals surface area contributed by atoms with Crippen LogP contribution < -0.4 is 0 Å². The standard InChI is InChI=1S/C45H89O8P/c1-12-51-54(48,49)52-34-43(53-45(47)32-42(11)30-18-28-40(9)26-16-24-38(7)22-14-20-36(4)5)33-50-44(46)31-41(10)29-17-27-39(8)25-15-23-37(6)21-13-19-35(2)3/h35-43H,12-34H2,1-11H3,(H,48,49)/t37?,38?,39?,40?,41?,42?,43-/m1/s1. The van der Waals surface area contributed by atoms with Gasteiger partial charge in [0.2, 0.25) is 0 Å². The highest BCUT2D eigenvalue weighted by atomic mass is 31.2. The number of hydrogen-bond donors (Lipinski definition) is 1. The first-order valence-corrected chi connectivity index (χ1v) is 23.9. The van der Waals surface area contributed by atoms with Crippen molar-refractivity contribution in [1.29, 1.82) is 0 Å². The molecule has 0 aromatic carbocycles. The molecule has 0 spiro atoms. The molecule has 0 aliphatic carbocycles. The quantitative estimate of drug-likeness (QED) is 0.0494. The minimum atomic E-state index is -4.31. The van der Waals surface area contributed by atoms with Gasteiger partial charge in [-0.15, -0.1) is 0 Å². The molecule has 8 atom stereocenters. The summed E-state index contributed by atoms with van der Waals surface area (Å²) in [7, 11) is -4.31. The average molecular weight is 789 g/mol. The van der Waals surface area contributed by atoms with Crippen LogP contribution in [0.25, 0.3) is 0 Å². The van der Waals surface area contributed by atoms with Gasteiger partial charge in [0.05, 0.1) is 13.2 Å². The predicted molar refractivity (Wildman–Crippen MR) is 225 cm³/mol. The van der Waals surface area contributed by atoms with Crippen molar-refractivity contribution in [2.45, 2.75) is 211 Å². The van der Waals surface area contributed by atoms with Crippen molar-refractivity contribution in [2.75, 3.05) is 19.8 Å². The van der Waals surface area contributed by atoms with Gasteiger partial charge in [-0.25, -0.2) is 4.57 Å². The third-order valence-corrected chi connectivity index (χ3v) is 12.1. The molecule has 9 heteroatoms. The highest BCUT2D eigenvalue weighted by Gasteiger charge is 2.26. The maximum atomic E-state index is 12.9. The van der Waals surface area contributed by atoms with Crippen LogP contribution in [0.1, 0.15) is 205 Å². The summed E-state index contributed by atoms with van der Waals surface area (Å²) in [5.74, 6) is 4.04. The van der Waals surface area contributed by atoms with Crippen molar-refractivity contribution in [1.82, 2.24) is 0 Å². The Labute approximate surface area is 334 Å². The lowest BCUT2D eigenvalue weighted by Gasteiger charge is -2.21. The number of carbonyl (C=O) groups is 2. The molecule has 0 saturated carbocycles. The van der Waals surface area contributed by atoms with Gasteiger partial charge in [0.15, 0.2) is 6.10 Å². The third kappa shape index (κ3) is 33.2. The summed E-state index contributed by atoms with van der Waals surface area (Å²) in [4.78, 5) is 35.6. The van der Waals surface area contributed by atoms with Crippen LogP contribution in [0.15, 0.2) is 0 Å². The summed E-state index contributed by atoms with van der Waals surface area (Å²) in [6.07, 6.45) is 21.5. The first kappa shape index (κ1) is 53.0. The molecule has 0 aliphatic heterocycles. The summed E-state index contributed by atoms with van der Waals surface area (Å²) in [6.45, 7) is 23.7. The van der Waals surface area contributed by atoms with E-state index in [0.29, 0.717) is 11.8 Å². The van der Waals surface area contributed by atoms with Crippen molar-refractivity contribution in [2.24, 2.45) is 47.3 Å². The second kappa shape index (κ2) is 32.1. The normalized spacial score (nSPS) is 17.1. The van der Waals surface area contributed by atoms with Crippen LogP contribution in [0.2, 0.25) is 0 Å². The molecule has 7 unspecified atom stereocenters. The van der Waals surface area contributed by atoms with E-state index in [2.05, 4.69) is 62.3 Å². The summed E-state index contributed by atoms with van der Waals surface area (Å²) in [5, 5.41) is 0. The molecule has 0 aromatic heterocycles. The van der Waals surface area contributed by atoms with Gasteiger partial charge in [0, 0.05) is 12.8 Å². The van der Waals surface area contributed by atoms with Crippen LogP contribution in [-0.2, 0) is 32.7 Å². The van der Waals surface area contributed by atoms with Gasteiger partial charge in [0.1, 0.15) is 6.61 Å². The second-order valence-electron chi connectivity index (χ2n) is 18.4. The fourth-order valence-corrected chi connectivity index (χ4v) is 8.09. The fraction of sp³-hybridized carbons (Fsp3) is 0.956. The highest BCUT2D eigenvalue weighted by Crippen LogP contribution is 2.43. The lowest BCUT2D eigenvalue weighted by Crippen LogP contribution is -2.30. The van der Waals surface area contributed by atoms with Crippen LogP contribution >= 0.6 is 7.82 Å². The summed E-state index contributed by atoms with van der Waals surface area (Å²) in [6, 6.07) is 0. The van der Waals surface area contributed by atoms with Crippen molar-refractivity contribution < 1.29 is 37.6 Å². The van der Waals surface area contributed by atoms with E-state index in [1.165, 1.54) is 77.0 Å². The van der Waals surface area contributed by atoms with E-state index in [1.54, 1.807) is 6.92 Å². The molecule has 0 heterocycles. The van der Waals surface area contributed by atoms with Crippen LogP contribution in [0.3, 0.4) is 0 Å². The van der Waals surface area contributed by atoms with Gasteiger partial charge in [-0.05, 0) is 54.3 Å². The molecular formula is C45H89O8P. The molecule has 0 radical (unpaired) electrons. The number of rotatable bonds is 36. The van der Waals surface area contributed by atoms with Crippen molar-refractivity contribution >= 4 is 19.8 Å². The van der Waals surface area contributed by atoms with E-state index in [9.17, 15) is 19.0 Å². The molecule has 1 N–H and O–H groups in total. The lowest BCUT2D eigenvalue weighted by molar-refractivity contribution is -0.162. The molecule has 0 saturated heterocycles. The van der Waals surface area contributed by atoms with E-state index >= 15 is 0 Å². The minimum Gasteiger partial charge on any atom is -0.462 e. The maximum absolute atomic E-state index is 12.9. The van der Waals surface area contributed by atoms with E-state index in [1.807, 2.05) is 6.92 Å². The first-order valence-electron chi connectivity index (χ1n) is 22.4. The smallest absolute Gasteiger partial charge is 0.462 e. The lowest BCUT2D eigenvalue weighted by atomic mass is 9.91. The molecule has 0 aliphatic rings. The van der Waals surface area contributed by atoms with Gasteiger partial charge >= 0.3 is 19.8 Å². The van der Waals surface area contributed by atoms with E-state index in [-0.39, 0.29) is 43.9 Å². The Bertz CT molecular complexity index is 971. The van der Waals surface area contributed by atoms with Crippen LogP contribution in [-0.4, -0.2) is 42.8 Å². The van der Waals surface area contributed by atoms with Gasteiger partial charge in [-0.2, -0.15) is 0 Å². The number of phosphoric ester groups is 1. The molecule has 0 bridgehead atoms. The van der Waals surface area contributed by atoms with E-state index in [0.717, 1.165) is 62.2 Å². The molecule has 0 rings (SSSR count). The number of carbonyl (C=O) groups excluding carboxylic acids is 2. The van der Waals surface area contributed by atoms with Crippen LogP contribution in [0.4, 0.5) is 0 Å². The molecule has 0 aromatic rings. The average Bonchev–Trinajstić information content (AvgIpc) is 3.05. The van der Waals surface area contributed by atoms with E-state index in [4.69, 9.17) is 18.5 Å². The molecule has 0 fully saturated rings. The minimum absolute atomic E-state index is 0.00461. The Morgan fingerprint density at radius 3 is 1.17 bits per heavy atom. The number of ether oxygens (including phenoxy) is 2.